The second-order valence-corrected chi connectivity index (χ2v) is 5.44. The Hall–Kier alpha value is -1.35. The maximum Gasteiger partial charge on any atom is 0.329 e. The maximum absolute atomic E-state index is 10.8. The van der Waals surface area contributed by atoms with Crippen molar-refractivity contribution in [3.8, 4) is 0 Å². The first kappa shape index (κ1) is 14.1. The summed E-state index contributed by atoms with van der Waals surface area (Å²) in [6.45, 7) is -0.188. The van der Waals surface area contributed by atoms with Gasteiger partial charge in [0.2, 0.25) is 0 Å². The van der Waals surface area contributed by atoms with Crippen molar-refractivity contribution in [2.24, 2.45) is 0 Å². The van der Waals surface area contributed by atoms with Crippen LogP contribution in [0.25, 0.3) is 0 Å². The van der Waals surface area contributed by atoms with Crippen LogP contribution in [-0.2, 0) is 16.0 Å². The third-order valence-corrected chi connectivity index (χ3v) is 3.89. The maximum atomic E-state index is 10.8. The molecular formula is C16H22O3. The van der Waals surface area contributed by atoms with Gasteiger partial charge in [0.15, 0.2) is 0 Å². The zero-order chi connectivity index (χ0) is 13.6. The molecule has 1 N–H and O–H groups in total. The van der Waals surface area contributed by atoms with Crippen LogP contribution in [0.2, 0.25) is 0 Å². The van der Waals surface area contributed by atoms with E-state index in [0.717, 1.165) is 32.1 Å². The van der Waals surface area contributed by atoms with E-state index in [2.05, 4.69) is 12.1 Å². The van der Waals surface area contributed by atoms with Gasteiger partial charge in [0, 0.05) is 6.42 Å². The van der Waals surface area contributed by atoms with Crippen LogP contribution in [0.1, 0.15) is 44.1 Å². The Morgan fingerprint density at radius 3 is 2.32 bits per heavy atom. The standard InChI is InChI=1S/C16H22O3/c17-15(18)13-19-16(10-6-1-2-7-11-16)12-14-8-4-3-5-9-14/h3-5,8-9H,1-2,6-7,10-13H2,(H,17,18). The highest BCUT2D eigenvalue weighted by Crippen LogP contribution is 2.33. The molecule has 2 rings (SSSR count). The van der Waals surface area contributed by atoms with E-state index in [4.69, 9.17) is 9.84 Å². The minimum atomic E-state index is -0.878. The Balaban J connectivity index is 2.10. The van der Waals surface area contributed by atoms with Gasteiger partial charge in [0.25, 0.3) is 0 Å². The first-order valence-corrected chi connectivity index (χ1v) is 7.10. The van der Waals surface area contributed by atoms with Gasteiger partial charge in [-0.25, -0.2) is 4.79 Å². The highest BCUT2D eigenvalue weighted by Gasteiger charge is 2.32. The van der Waals surface area contributed by atoms with Crippen LogP contribution < -0.4 is 0 Å². The van der Waals surface area contributed by atoms with Gasteiger partial charge in [-0.05, 0) is 18.4 Å². The molecule has 0 unspecified atom stereocenters. The normalized spacial score (nSPS) is 18.7. The van der Waals surface area contributed by atoms with Crippen molar-refractivity contribution in [1.82, 2.24) is 0 Å². The van der Waals surface area contributed by atoms with Gasteiger partial charge in [-0.3, -0.25) is 0 Å². The molecule has 1 aromatic rings. The molecule has 1 aliphatic carbocycles. The fraction of sp³-hybridized carbons (Fsp3) is 0.562. The summed E-state index contributed by atoms with van der Waals surface area (Å²) in [6, 6.07) is 10.2. The lowest BCUT2D eigenvalue weighted by molar-refractivity contribution is -0.151. The van der Waals surface area contributed by atoms with Gasteiger partial charge in [0.1, 0.15) is 6.61 Å². The van der Waals surface area contributed by atoms with E-state index < -0.39 is 5.97 Å². The van der Waals surface area contributed by atoms with Crippen molar-refractivity contribution in [2.45, 2.75) is 50.5 Å². The summed E-state index contributed by atoms with van der Waals surface area (Å²) in [7, 11) is 0. The van der Waals surface area contributed by atoms with Crippen molar-refractivity contribution in [2.75, 3.05) is 6.61 Å². The number of benzene rings is 1. The summed E-state index contributed by atoms with van der Waals surface area (Å²) in [5.41, 5.74) is 0.950. The predicted molar refractivity (Wildman–Crippen MR) is 74.2 cm³/mol. The van der Waals surface area contributed by atoms with Crippen LogP contribution in [0.3, 0.4) is 0 Å². The Bertz CT molecular complexity index is 392. The Morgan fingerprint density at radius 2 is 1.74 bits per heavy atom. The van der Waals surface area contributed by atoms with Crippen molar-refractivity contribution < 1.29 is 14.6 Å². The molecule has 0 atom stereocenters. The predicted octanol–water partition coefficient (Wildman–Crippen LogP) is 3.42. The summed E-state index contributed by atoms with van der Waals surface area (Å²) >= 11 is 0. The van der Waals surface area contributed by atoms with Crippen molar-refractivity contribution in [3.63, 3.8) is 0 Å². The zero-order valence-electron chi connectivity index (χ0n) is 11.3. The molecule has 1 fully saturated rings. The molecule has 19 heavy (non-hydrogen) atoms. The molecule has 0 bridgehead atoms. The van der Waals surface area contributed by atoms with E-state index in [-0.39, 0.29) is 12.2 Å². The van der Waals surface area contributed by atoms with Crippen molar-refractivity contribution in [3.05, 3.63) is 35.9 Å². The molecule has 0 aliphatic heterocycles. The van der Waals surface area contributed by atoms with Gasteiger partial charge >= 0.3 is 5.97 Å². The number of hydrogen-bond acceptors (Lipinski definition) is 2. The average molecular weight is 262 g/mol. The van der Waals surface area contributed by atoms with E-state index in [1.54, 1.807) is 0 Å². The molecule has 1 saturated carbocycles. The largest absolute Gasteiger partial charge is 0.480 e. The second-order valence-electron chi connectivity index (χ2n) is 5.44. The lowest BCUT2D eigenvalue weighted by Crippen LogP contribution is -2.36. The molecule has 0 saturated heterocycles. The molecule has 0 radical (unpaired) electrons. The summed E-state index contributed by atoms with van der Waals surface area (Å²) in [6.07, 6.45) is 7.48. The summed E-state index contributed by atoms with van der Waals surface area (Å²) < 4.78 is 5.82. The van der Waals surface area contributed by atoms with Crippen molar-refractivity contribution >= 4 is 5.97 Å². The first-order chi connectivity index (χ1) is 9.20. The summed E-state index contributed by atoms with van der Waals surface area (Å²) in [5.74, 6) is -0.878. The lowest BCUT2D eigenvalue weighted by atomic mass is 9.87. The zero-order valence-corrected chi connectivity index (χ0v) is 11.3. The molecule has 0 heterocycles. The van der Waals surface area contributed by atoms with E-state index in [0.29, 0.717) is 0 Å². The van der Waals surface area contributed by atoms with E-state index in [1.165, 1.54) is 18.4 Å². The number of aliphatic carboxylic acids is 1. The molecule has 3 nitrogen and oxygen atoms in total. The number of carboxylic acid groups (broad SMARTS) is 1. The van der Waals surface area contributed by atoms with Crippen LogP contribution in [0.5, 0.6) is 0 Å². The highest BCUT2D eigenvalue weighted by atomic mass is 16.5. The van der Waals surface area contributed by atoms with Crippen LogP contribution in [0.4, 0.5) is 0 Å². The second kappa shape index (κ2) is 6.71. The fourth-order valence-electron chi connectivity index (χ4n) is 2.93. The lowest BCUT2D eigenvalue weighted by Gasteiger charge is -2.32. The Kier molecular flexibility index (Phi) is 4.97. The third kappa shape index (κ3) is 4.35. The number of hydrogen-bond donors (Lipinski definition) is 1. The Morgan fingerprint density at radius 1 is 1.11 bits per heavy atom. The minimum absolute atomic E-state index is 0.188. The number of carboxylic acids is 1. The molecule has 104 valence electrons. The summed E-state index contributed by atoms with van der Waals surface area (Å²) in [5, 5.41) is 8.87. The van der Waals surface area contributed by atoms with Gasteiger partial charge < -0.3 is 9.84 Å². The van der Waals surface area contributed by atoms with Gasteiger partial charge in [-0.2, -0.15) is 0 Å². The van der Waals surface area contributed by atoms with E-state index in [1.807, 2.05) is 18.2 Å². The molecule has 0 aromatic heterocycles. The summed E-state index contributed by atoms with van der Waals surface area (Å²) in [4.78, 5) is 10.8. The average Bonchev–Trinajstić information content (AvgIpc) is 2.64. The number of ether oxygens (including phenoxy) is 1. The van der Waals surface area contributed by atoms with E-state index in [9.17, 15) is 4.79 Å². The smallest absolute Gasteiger partial charge is 0.329 e. The molecule has 0 amide bonds. The van der Waals surface area contributed by atoms with Crippen LogP contribution in [-0.4, -0.2) is 23.3 Å². The monoisotopic (exact) mass is 262 g/mol. The fourth-order valence-corrected chi connectivity index (χ4v) is 2.93. The first-order valence-electron chi connectivity index (χ1n) is 7.10. The molecule has 3 heteroatoms. The molecule has 1 aromatic carbocycles. The Labute approximate surface area is 114 Å². The van der Waals surface area contributed by atoms with Crippen LogP contribution in [0.15, 0.2) is 30.3 Å². The van der Waals surface area contributed by atoms with Gasteiger partial charge in [0.05, 0.1) is 5.60 Å². The third-order valence-electron chi connectivity index (χ3n) is 3.89. The van der Waals surface area contributed by atoms with E-state index >= 15 is 0 Å². The number of carbonyl (C=O) groups is 1. The number of rotatable bonds is 5. The minimum Gasteiger partial charge on any atom is -0.480 e. The molecule has 0 spiro atoms. The van der Waals surface area contributed by atoms with Crippen LogP contribution >= 0.6 is 0 Å². The van der Waals surface area contributed by atoms with Crippen molar-refractivity contribution in [1.29, 1.82) is 0 Å². The molecule has 1 aliphatic rings. The highest BCUT2D eigenvalue weighted by molar-refractivity contribution is 5.68. The molecular weight excluding hydrogens is 240 g/mol. The van der Waals surface area contributed by atoms with Gasteiger partial charge in [-0.15, -0.1) is 0 Å². The quantitative estimate of drug-likeness (QED) is 0.827. The van der Waals surface area contributed by atoms with Crippen LogP contribution in [0, 0.1) is 0 Å². The SMILES string of the molecule is O=C(O)COC1(Cc2ccccc2)CCCCCC1. The van der Waals surface area contributed by atoms with Gasteiger partial charge in [-0.1, -0.05) is 56.0 Å². The topological polar surface area (TPSA) is 46.5 Å².